The molecule has 0 aromatic heterocycles. The van der Waals surface area contributed by atoms with E-state index in [-0.39, 0.29) is 17.8 Å². The summed E-state index contributed by atoms with van der Waals surface area (Å²) in [5.41, 5.74) is 1.47. The van der Waals surface area contributed by atoms with Crippen molar-refractivity contribution in [2.24, 2.45) is 23.7 Å². The van der Waals surface area contributed by atoms with Crippen molar-refractivity contribution in [3.05, 3.63) is 11.6 Å². The monoisotopic (exact) mass is 320 g/mol. The second-order valence-electron chi connectivity index (χ2n) is 8.97. The normalized spacial score (nSPS) is 42.6. The number of aliphatic hydroxyl groups is 1. The Bertz CT molecular complexity index is 439. The van der Waals surface area contributed by atoms with Crippen LogP contribution < -0.4 is 0 Å². The molecule has 1 saturated heterocycles. The number of ether oxygens (including phenoxy) is 1. The highest BCUT2D eigenvalue weighted by atomic mass is 16.5. The highest BCUT2D eigenvalue weighted by Gasteiger charge is 2.53. The van der Waals surface area contributed by atoms with Crippen LogP contribution in [0.4, 0.5) is 0 Å². The van der Waals surface area contributed by atoms with Gasteiger partial charge in [-0.2, -0.15) is 0 Å². The van der Waals surface area contributed by atoms with Gasteiger partial charge >= 0.3 is 0 Å². The smallest absolute Gasteiger partial charge is 0.0664 e. The molecule has 3 rings (SSSR count). The summed E-state index contributed by atoms with van der Waals surface area (Å²) in [6, 6.07) is 0. The number of fused-ring (bicyclic) bond motifs is 3. The first-order valence-electron chi connectivity index (χ1n) is 9.95. The molecule has 6 atom stereocenters. The summed E-state index contributed by atoms with van der Waals surface area (Å²) in [6.45, 7) is 9.08. The molecule has 3 aliphatic rings. The molecule has 0 amide bonds. The summed E-state index contributed by atoms with van der Waals surface area (Å²) in [5, 5.41) is 10.9. The molecule has 1 aliphatic heterocycles. The van der Waals surface area contributed by atoms with Gasteiger partial charge in [0.15, 0.2) is 0 Å². The van der Waals surface area contributed by atoms with Gasteiger partial charge in [0.05, 0.1) is 17.8 Å². The maximum atomic E-state index is 10.9. The zero-order valence-electron chi connectivity index (χ0n) is 15.6. The van der Waals surface area contributed by atoms with Crippen LogP contribution in [0.15, 0.2) is 11.6 Å². The minimum absolute atomic E-state index is 0.0476. The Morgan fingerprint density at radius 1 is 1.26 bits per heavy atom. The quantitative estimate of drug-likeness (QED) is 0.576. The minimum atomic E-state index is -0.175. The number of hydrogen-bond donors (Lipinski definition) is 1. The van der Waals surface area contributed by atoms with E-state index in [2.05, 4.69) is 33.8 Å². The molecule has 5 unspecified atom stereocenters. The molecule has 0 radical (unpaired) electrons. The molecule has 2 fully saturated rings. The van der Waals surface area contributed by atoms with Gasteiger partial charge in [-0.25, -0.2) is 0 Å². The zero-order chi connectivity index (χ0) is 16.6. The molecule has 0 spiro atoms. The van der Waals surface area contributed by atoms with E-state index in [1.807, 2.05) is 0 Å². The lowest BCUT2D eigenvalue weighted by Crippen LogP contribution is -2.58. The lowest BCUT2D eigenvalue weighted by molar-refractivity contribution is -0.226. The van der Waals surface area contributed by atoms with Crippen LogP contribution in [-0.4, -0.2) is 22.9 Å². The first-order valence-corrected chi connectivity index (χ1v) is 9.95. The molecule has 0 bridgehead atoms. The molecule has 1 saturated carbocycles. The predicted molar refractivity (Wildman–Crippen MR) is 95.3 cm³/mol. The zero-order valence-corrected chi connectivity index (χ0v) is 15.6. The van der Waals surface area contributed by atoms with Crippen LogP contribution >= 0.6 is 0 Å². The second kappa shape index (κ2) is 6.88. The van der Waals surface area contributed by atoms with Crippen LogP contribution in [0.25, 0.3) is 0 Å². The number of allylic oxidation sites excluding steroid dienone is 2. The summed E-state index contributed by atoms with van der Waals surface area (Å²) in [5.74, 6) is 2.06. The number of rotatable bonds is 4. The van der Waals surface area contributed by atoms with E-state index in [9.17, 15) is 5.11 Å². The molecule has 23 heavy (non-hydrogen) atoms. The van der Waals surface area contributed by atoms with E-state index in [1.165, 1.54) is 44.1 Å². The van der Waals surface area contributed by atoms with Crippen molar-refractivity contribution in [3.8, 4) is 0 Å². The lowest BCUT2D eigenvalue weighted by Gasteiger charge is -2.56. The highest BCUT2D eigenvalue weighted by Crippen LogP contribution is 2.52. The molecular formula is C21H36O2. The van der Waals surface area contributed by atoms with Gasteiger partial charge in [0.25, 0.3) is 0 Å². The maximum Gasteiger partial charge on any atom is 0.0664 e. The molecule has 0 aromatic carbocycles. The van der Waals surface area contributed by atoms with Crippen LogP contribution in [0.1, 0.15) is 79.1 Å². The molecule has 1 heterocycles. The van der Waals surface area contributed by atoms with Crippen LogP contribution in [-0.2, 0) is 4.74 Å². The van der Waals surface area contributed by atoms with Crippen molar-refractivity contribution in [1.82, 2.24) is 0 Å². The third kappa shape index (κ3) is 3.54. The van der Waals surface area contributed by atoms with Crippen LogP contribution in [0, 0.1) is 23.7 Å². The average Bonchev–Trinajstić information content (AvgIpc) is 2.46. The summed E-state index contributed by atoms with van der Waals surface area (Å²) < 4.78 is 6.60. The van der Waals surface area contributed by atoms with Crippen LogP contribution in [0.2, 0.25) is 0 Å². The fourth-order valence-corrected chi connectivity index (χ4v) is 5.65. The van der Waals surface area contributed by atoms with Crippen LogP contribution in [0.3, 0.4) is 0 Å². The second-order valence-corrected chi connectivity index (χ2v) is 8.97. The van der Waals surface area contributed by atoms with Gasteiger partial charge in [0, 0.05) is 5.92 Å². The molecule has 132 valence electrons. The van der Waals surface area contributed by atoms with E-state index in [1.54, 1.807) is 0 Å². The van der Waals surface area contributed by atoms with Crippen molar-refractivity contribution in [1.29, 1.82) is 0 Å². The molecule has 1 N–H and O–H groups in total. The van der Waals surface area contributed by atoms with E-state index in [4.69, 9.17) is 4.74 Å². The van der Waals surface area contributed by atoms with Gasteiger partial charge in [-0.15, -0.1) is 0 Å². The van der Waals surface area contributed by atoms with Crippen LogP contribution in [0.5, 0.6) is 0 Å². The molecule has 2 aliphatic carbocycles. The first-order chi connectivity index (χ1) is 10.9. The molecular weight excluding hydrogens is 284 g/mol. The van der Waals surface area contributed by atoms with E-state index in [0.717, 1.165) is 12.8 Å². The lowest BCUT2D eigenvalue weighted by atomic mass is 9.59. The Labute approximate surface area is 142 Å². The average molecular weight is 321 g/mol. The first kappa shape index (κ1) is 17.5. The number of aliphatic hydroxyl groups excluding tert-OH is 1. The third-order valence-electron chi connectivity index (χ3n) is 6.81. The van der Waals surface area contributed by atoms with E-state index >= 15 is 0 Å². The SMILES string of the molecule is CCCCCC1CC(O)C2C(C1)OC(C)(C)[C@@H]1CCC(C)=CC21. The van der Waals surface area contributed by atoms with Gasteiger partial charge in [0.1, 0.15) is 0 Å². The fourth-order valence-electron chi connectivity index (χ4n) is 5.65. The van der Waals surface area contributed by atoms with Gasteiger partial charge in [-0.1, -0.05) is 44.3 Å². The molecule has 2 heteroatoms. The standard InChI is InChI=1S/C21H36O2/c1-5-6-7-8-15-12-18(22)20-16-11-14(2)9-10-17(16)21(3,4)23-19(20)13-15/h11,15-20,22H,5-10,12-13H2,1-4H3/t15?,16?,17-,18?,19?,20?/m1/s1. The van der Waals surface area contributed by atoms with Crippen molar-refractivity contribution < 1.29 is 9.84 Å². The maximum absolute atomic E-state index is 10.9. The Balaban J connectivity index is 1.76. The van der Waals surface area contributed by atoms with Crippen molar-refractivity contribution in [3.63, 3.8) is 0 Å². The Morgan fingerprint density at radius 2 is 2.04 bits per heavy atom. The minimum Gasteiger partial charge on any atom is -0.393 e. The third-order valence-corrected chi connectivity index (χ3v) is 6.81. The highest BCUT2D eigenvalue weighted by molar-refractivity contribution is 5.15. The van der Waals surface area contributed by atoms with E-state index in [0.29, 0.717) is 23.7 Å². The van der Waals surface area contributed by atoms with Crippen molar-refractivity contribution in [2.75, 3.05) is 0 Å². The van der Waals surface area contributed by atoms with Crippen molar-refractivity contribution >= 4 is 0 Å². The van der Waals surface area contributed by atoms with Gasteiger partial charge in [-0.05, 0) is 64.2 Å². The molecule has 0 aromatic rings. The molecule has 2 nitrogen and oxygen atoms in total. The Morgan fingerprint density at radius 3 is 2.78 bits per heavy atom. The van der Waals surface area contributed by atoms with Crippen molar-refractivity contribution in [2.45, 2.75) is 96.9 Å². The summed E-state index contributed by atoms with van der Waals surface area (Å²) in [4.78, 5) is 0. The summed E-state index contributed by atoms with van der Waals surface area (Å²) in [6.07, 6.45) is 12.3. The predicted octanol–water partition coefficient (Wildman–Crippen LogP) is 5.10. The van der Waals surface area contributed by atoms with Gasteiger partial charge in [0.2, 0.25) is 0 Å². The fraction of sp³-hybridized carbons (Fsp3) is 0.905. The van der Waals surface area contributed by atoms with Gasteiger partial charge in [-0.3, -0.25) is 0 Å². The topological polar surface area (TPSA) is 29.5 Å². The van der Waals surface area contributed by atoms with Gasteiger partial charge < -0.3 is 9.84 Å². The Kier molecular flexibility index (Phi) is 5.23. The number of unbranched alkanes of at least 4 members (excludes halogenated alkanes) is 2. The largest absolute Gasteiger partial charge is 0.393 e. The van der Waals surface area contributed by atoms with E-state index < -0.39 is 0 Å². The summed E-state index contributed by atoms with van der Waals surface area (Å²) in [7, 11) is 0. The Hall–Kier alpha value is -0.340. The summed E-state index contributed by atoms with van der Waals surface area (Å²) >= 11 is 0. The number of hydrogen-bond acceptors (Lipinski definition) is 2.